The fourth-order valence-electron chi connectivity index (χ4n) is 0. The Labute approximate surface area is 522 Å². The standard InChI is InChI=1S/4Cu.16Na. The van der Waals surface area contributed by atoms with E-state index in [4.69, 9.17) is 0 Å². The van der Waals surface area contributed by atoms with Gasteiger partial charge in [0.1, 0.15) is 0 Å². The summed E-state index contributed by atoms with van der Waals surface area (Å²) in [6.07, 6.45) is 0. The number of rotatable bonds is 0. The predicted molar refractivity (Wildman–Crippen MR) is 92.1 cm³/mol. The van der Waals surface area contributed by atoms with Crippen molar-refractivity contribution < 1.29 is 68.3 Å². The van der Waals surface area contributed by atoms with E-state index in [9.17, 15) is 0 Å². The fraction of sp³-hybridized carbons (Fsp3) is 0. The van der Waals surface area contributed by atoms with E-state index in [1.807, 2.05) is 0 Å². The van der Waals surface area contributed by atoms with Crippen LogP contribution in [0.5, 0.6) is 0 Å². The third-order valence-electron chi connectivity index (χ3n) is 0. The van der Waals surface area contributed by atoms with E-state index < -0.39 is 0 Å². The quantitative estimate of drug-likeness (QED) is 0.237. The molecule has 0 heterocycles. The maximum Gasteiger partial charge on any atom is 0 e. The molecule has 0 atom stereocenters. The van der Waals surface area contributed by atoms with Crippen LogP contribution >= 0.6 is 0 Å². The van der Waals surface area contributed by atoms with Gasteiger partial charge in [-0.25, -0.2) is 0 Å². The van der Waals surface area contributed by atoms with Gasteiger partial charge in [-0.3, -0.25) is 0 Å². The first-order valence-electron chi connectivity index (χ1n) is 0. The summed E-state index contributed by atoms with van der Waals surface area (Å²) in [7, 11) is 0. The van der Waals surface area contributed by atoms with E-state index in [0.717, 1.165) is 0 Å². The predicted octanol–water partition coefficient (Wildman–Crippen LogP) is -6.10. The average Bonchev–Trinajstić information content (AvgIpc) is 0. The van der Waals surface area contributed by atoms with Crippen LogP contribution in [0.4, 0.5) is 0 Å². The van der Waals surface area contributed by atoms with Crippen molar-refractivity contribution in [3.05, 3.63) is 0 Å². The molecule has 0 nitrogen and oxygen atoms in total. The van der Waals surface area contributed by atoms with Gasteiger partial charge in [0.15, 0.2) is 0 Å². The summed E-state index contributed by atoms with van der Waals surface area (Å²) in [5.41, 5.74) is 0. The molecule has 0 aromatic rings. The van der Waals surface area contributed by atoms with Gasteiger partial charge in [-0.05, 0) is 0 Å². The minimum atomic E-state index is 0. The van der Waals surface area contributed by atoms with Crippen LogP contribution in [0.3, 0.4) is 0 Å². The minimum Gasteiger partial charge on any atom is 0 e. The van der Waals surface area contributed by atoms with E-state index in [1.54, 1.807) is 0 Å². The largest absolute Gasteiger partial charge is 0 e. The van der Waals surface area contributed by atoms with Crippen molar-refractivity contribution in [3.8, 4) is 0 Å². The van der Waals surface area contributed by atoms with Crippen LogP contribution < -0.4 is 0 Å². The summed E-state index contributed by atoms with van der Waals surface area (Å²) in [5, 5.41) is 0. The molecule has 0 unspecified atom stereocenters. The topological polar surface area (TPSA) is 0 Å². The zero-order chi connectivity index (χ0) is 0. The van der Waals surface area contributed by atoms with E-state index in [-0.39, 0.29) is 541 Å². The second kappa shape index (κ2) is 148. The van der Waals surface area contributed by atoms with Gasteiger partial charge in [0, 0.05) is 541 Å². The van der Waals surface area contributed by atoms with Crippen LogP contribution in [0.2, 0.25) is 0 Å². The Balaban J connectivity index is 0. The van der Waals surface area contributed by atoms with E-state index in [1.165, 1.54) is 0 Å². The van der Waals surface area contributed by atoms with Crippen molar-refractivity contribution in [1.29, 1.82) is 0 Å². The van der Waals surface area contributed by atoms with Gasteiger partial charge in [-0.2, -0.15) is 0 Å². The Morgan fingerprint density at radius 1 is 0.100 bits per heavy atom. The molecule has 0 aliphatic rings. The van der Waals surface area contributed by atoms with Gasteiger partial charge in [-0.15, -0.1) is 0 Å². The molecule has 0 fully saturated rings. The van der Waals surface area contributed by atoms with Crippen LogP contribution in [0.15, 0.2) is 0 Å². The first kappa shape index (κ1) is 160. The SMILES string of the molecule is [Cu].[Cu].[Cu].[Cu].[Na].[Na].[Na].[Na].[Na].[Na].[Na].[Na].[Na].[Na].[Na].[Na].[Na].[Na].[Na].[Na]. The first-order chi connectivity index (χ1) is 0. The number of hydrogen-bond donors (Lipinski definition) is 0. The summed E-state index contributed by atoms with van der Waals surface area (Å²) in [6, 6.07) is 0. The maximum atomic E-state index is 0. The van der Waals surface area contributed by atoms with Crippen LogP contribution in [0.25, 0.3) is 0 Å². The van der Waals surface area contributed by atoms with Crippen LogP contribution in [0.1, 0.15) is 0 Å². The van der Waals surface area contributed by atoms with Crippen molar-refractivity contribution in [2.24, 2.45) is 0 Å². The van der Waals surface area contributed by atoms with E-state index in [2.05, 4.69) is 0 Å². The van der Waals surface area contributed by atoms with Crippen molar-refractivity contribution in [3.63, 3.8) is 0 Å². The molecule has 0 spiro atoms. The Bertz CT molecular complexity index is 14.4. The third kappa shape index (κ3) is 136. The molecule has 0 aliphatic carbocycles. The normalized spacial score (nSPS) is 0. The van der Waals surface area contributed by atoms with Crippen LogP contribution in [-0.4, -0.2) is 473 Å². The van der Waals surface area contributed by atoms with Crippen molar-refractivity contribution in [2.45, 2.75) is 0 Å². The van der Waals surface area contributed by atoms with Crippen molar-refractivity contribution in [1.82, 2.24) is 0 Å². The second-order valence-corrected chi connectivity index (χ2v) is 0. The van der Waals surface area contributed by atoms with Gasteiger partial charge in [-0.1, -0.05) is 0 Å². The van der Waals surface area contributed by atoms with Crippen molar-refractivity contribution >= 4 is 473 Å². The Kier molecular flexibility index (Phi) is 1180. The minimum absolute atomic E-state index is 0. The monoisotopic (exact) mass is 620 g/mol. The summed E-state index contributed by atoms with van der Waals surface area (Å²) in [6.45, 7) is 0. The first-order valence-corrected chi connectivity index (χ1v) is 0. The Hall–Kier alpha value is 18.1. The molecule has 60 valence electrons. The molecule has 0 saturated carbocycles. The zero-order valence-corrected chi connectivity index (χ0v) is 53.0. The molecule has 0 rings (SSSR count). The molecule has 20 heteroatoms. The molecule has 0 aromatic heterocycles. The number of hydrogen-bond acceptors (Lipinski definition) is 0. The molecular weight excluding hydrogens is 622 g/mol. The summed E-state index contributed by atoms with van der Waals surface area (Å²) >= 11 is 0. The van der Waals surface area contributed by atoms with Gasteiger partial charge in [0.05, 0.1) is 0 Å². The molecule has 20 heavy (non-hydrogen) atoms. The third-order valence-corrected chi connectivity index (χ3v) is 0. The van der Waals surface area contributed by atoms with Gasteiger partial charge in [0.2, 0.25) is 0 Å². The second-order valence-electron chi connectivity index (χ2n) is 0. The molecule has 0 aliphatic heterocycles. The Morgan fingerprint density at radius 3 is 0.100 bits per heavy atom. The maximum absolute atomic E-state index is 0. The molecule has 0 amide bonds. The molecule has 0 N–H and O–H groups in total. The van der Waals surface area contributed by atoms with Gasteiger partial charge >= 0.3 is 0 Å². The molecule has 0 aromatic carbocycles. The molecule has 0 saturated heterocycles. The van der Waals surface area contributed by atoms with Crippen molar-refractivity contribution in [2.75, 3.05) is 0 Å². The molecular formula is Cu4Na16. The van der Waals surface area contributed by atoms with Crippen LogP contribution in [0, 0.1) is 0 Å². The average molecular weight is 622 g/mol. The smallest absolute Gasteiger partial charge is 0 e. The van der Waals surface area contributed by atoms with Gasteiger partial charge in [0.25, 0.3) is 0 Å². The molecule has 20 radical (unpaired) electrons. The van der Waals surface area contributed by atoms with E-state index >= 15 is 0 Å². The summed E-state index contributed by atoms with van der Waals surface area (Å²) < 4.78 is 0. The Morgan fingerprint density at radius 2 is 0.100 bits per heavy atom. The summed E-state index contributed by atoms with van der Waals surface area (Å²) in [4.78, 5) is 0. The fourth-order valence-corrected chi connectivity index (χ4v) is 0. The summed E-state index contributed by atoms with van der Waals surface area (Å²) in [5.74, 6) is 0. The van der Waals surface area contributed by atoms with Crippen LogP contribution in [-0.2, 0) is 68.3 Å². The molecule has 0 bridgehead atoms. The van der Waals surface area contributed by atoms with E-state index in [0.29, 0.717) is 0 Å². The van der Waals surface area contributed by atoms with Gasteiger partial charge < -0.3 is 0 Å². The zero-order valence-electron chi connectivity index (χ0n) is 17.2.